The highest BCUT2D eigenvalue weighted by atomic mass is 32.1. The number of methoxy groups -OCH3 is 1. The van der Waals surface area contributed by atoms with Crippen LogP contribution in [0.2, 0.25) is 0 Å². The molecule has 0 aliphatic carbocycles. The second-order valence-electron chi connectivity index (χ2n) is 4.16. The summed E-state index contributed by atoms with van der Waals surface area (Å²) in [5.74, 6) is 0.813. The molecule has 8 heteroatoms. The number of carbonyl (C=O) groups excluding carboxylic acids is 1. The van der Waals surface area contributed by atoms with Crippen LogP contribution in [0.3, 0.4) is 0 Å². The van der Waals surface area contributed by atoms with Crippen LogP contribution in [-0.2, 0) is 11.3 Å². The zero-order valence-corrected chi connectivity index (χ0v) is 12.9. The molecule has 2 aromatic rings. The number of ether oxygens (including phenoxy) is 1. The SMILES string of the molecule is COCc1nc2sc(C(=O)NCCS)c(C)c2c(=O)[nH]1. The van der Waals surface area contributed by atoms with Gasteiger partial charge >= 0.3 is 0 Å². The Hall–Kier alpha value is -1.38. The Morgan fingerprint density at radius 2 is 2.30 bits per heavy atom. The third-order valence-electron chi connectivity index (χ3n) is 2.73. The van der Waals surface area contributed by atoms with Gasteiger partial charge in [0.1, 0.15) is 17.3 Å². The van der Waals surface area contributed by atoms with Crippen molar-refractivity contribution in [2.75, 3.05) is 19.4 Å². The molecule has 0 bridgehead atoms. The molecule has 0 atom stereocenters. The first-order chi connectivity index (χ1) is 9.58. The quantitative estimate of drug-likeness (QED) is 0.722. The number of aromatic nitrogens is 2. The van der Waals surface area contributed by atoms with E-state index < -0.39 is 0 Å². The average Bonchev–Trinajstić information content (AvgIpc) is 2.74. The summed E-state index contributed by atoms with van der Waals surface area (Å²) >= 11 is 5.26. The lowest BCUT2D eigenvalue weighted by molar-refractivity contribution is 0.0960. The molecule has 0 fully saturated rings. The van der Waals surface area contributed by atoms with Crippen LogP contribution in [0.15, 0.2) is 4.79 Å². The van der Waals surface area contributed by atoms with Crippen molar-refractivity contribution in [2.24, 2.45) is 0 Å². The second-order valence-corrected chi connectivity index (χ2v) is 5.61. The van der Waals surface area contributed by atoms with Crippen molar-refractivity contribution >= 4 is 40.1 Å². The normalized spacial score (nSPS) is 10.9. The van der Waals surface area contributed by atoms with Crippen molar-refractivity contribution in [1.29, 1.82) is 0 Å². The Morgan fingerprint density at radius 3 is 2.95 bits per heavy atom. The molecule has 0 saturated heterocycles. The molecule has 108 valence electrons. The van der Waals surface area contributed by atoms with Gasteiger partial charge in [0.05, 0.1) is 10.3 Å². The predicted molar refractivity (Wildman–Crippen MR) is 81.9 cm³/mol. The maximum absolute atomic E-state index is 12.1. The second kappa shape index (κ2) is 6.38. The van der Waals surface area contributed by atoms with E-state index in [0.29, 0.717) is 38.8 Å². The molecule has 0 aliphatic heterocycles. The third kappa shape index (κ3) is 2.87. The van der Waals surface area contributed by atoms with Gasteiger partial charge in [0, 0.05) is 19.4 Å². The van der Waals surface area contributed by atoms with Crippen LogP contribution >= 0.6 is 24.0 Å². The molecule has 2 aromatic heterocycles. The van der Waals surface area contributed by atoms with Gasteiger partial charge in [0.25, 0.3) is 11.5 Å². The molecule has 0 aromatic carbocycles. The molecular formula is C12H15N3O3S2. The lowest BCUT2D eigenvalue weighted by atomic mass is 10.2. The van der Waals surface area contributed by atoms with Crippen LogP contribution in [0, 0.1) is 6.92 Å². The summed E-state index contributed by atoms with van der Waals surface area (Å²) in [5.41, 5.74) is 0.406. The minimum absolute atomic E-state index is 0.202. The highest BCUT2D eigenvalue weighted by Gasteiger charge is 2.18. The molecule has 0 saturated carbocycles. The van der Waals surface area contributed by atoms with Crippen molar-refractivity contribution in [2.45, 2.75) is 13.5 Å². The van der Waals surface area contributed by atoms with Gasteiger partial charge in [-0.2, -0.15) is 12.6 Å². The van der Waals surface area contributed by atoms with E-state index in [4.69, 9.17) is 4.74 Å². The Morgan fingerprint density at radius 1 is 1.55 bits per heavy atom. The number of nitrogens with zero attached hydrogens (tertiary/aromatic N) is 1. The number of H-pyrrole nitrogens is 1. The minimum Gasteiger partial charge on any atom is -0.377 e. The number of amides is 1. The Labute approximate surface area is 125 Å². The van der Waals surface area contributed by atoms with Crippen LogP contribution in [0.4, 0.5) is 0 Å². The lowest BCUT2D eigenvalue weighted by Crippen LogP contribution is -2.25. The summed E-state index contributed by atoms with van der Waals surface area (Å²) in [6.45, 7) is 2.46. The maximum atomic E-state index is 12.1. The summed E-state index contributed by atoms with van der Waals surface area (Å²) in [5, 5.41) is 3.20. The van der Waals surface area contributed by atoms with Crippen molar-refractivity contribution in [3.8, 4) is 0 Å². The van der Waals surface area contributed by atoms with E-state index in [-0.39, 0.29) is 18.1 Å². The number of thiophene rings is 1. The summed E-state index contributed by atoms with van der Waals surface area (Å²) in [6, 6.07) is 0. The number of hydrogen-bond acceptors (Lipinski definition) is 6. The van der Waals surface area contributed by atoms with Crippen LogP contribution in [0.1, 0.15) is 21.1 Å². The maximum Gasteiger partial charge on any atom is 0.261 e. The monoisotopic (exact) mass is 313 g/mol. The molecule has 2 rings (SSSR count). The fourth-order valence-corrected chi connectivity index (χ4v) is 3.09. The molecule has 1 amide bonds. The lowest BCUT2D eigenvalue weighted by Gasteiger charge is -2.01. The predicted octanol–water partition coefficient (Wildman–Crippen LogP) is 1.10. The van der Waals surface area contributed by atoms with Crippen LogP contribution in [0.25, 0.3) is 10.2 Å². The minimum atomic E-state index is -0.246. The van der Waals surface area contributed by atoms with Crippen LogP contribution in [-0.4, -0.2) is 35.3 Å². The third-order valence-corrected chi connectivity index (χ3v) is 4.14. The zero-order valence-electron chi connectivity index (χ0n) is 11.1. The first-order valence-electron chi connectivity index (χ1n) is 5.98. The van der Waals surface area contributed by atoms with E-state index in [9.17, 15) is 9.59 Å². The van der Waals surface area contributed by atoms with E-state index in [1.54, 1.807) is 6.92 Å². The molecule has 0 radical (unpaired) electrons. The molecule has 6 nitrogen and oxygen atoms in total. The largest absolute Gasteiger partial charge is 0.377 e. The van der Waals surface area contributed by atoms with Crippen molar-refractivity contribution in [1.82, 2.24) is 15.3 Å². The standard InChI is InChI=1S/C12H15N3O3S2/c1-6-8-10(16)14-7(5-18-2)15-12(8)20-9(6)11(17)13-3-4-19/h19H,3-5H2,1-2H3,(H,13,17)(H,14,15,16). The van der Waals surface area contributed by atoms with Crippen molar-refractivity contribution < 1.29 is 9.53 Å². The summed E-state index contributed by atoms with van der Waals surface area (Å²) in [7, 11) is 1.53. The van der Waals surface area contributed by atoms with E-state index in [1.165, 1.54) is 18.4 Å². The van der Waals surface area contributed by atoms with Gasteiger partial charge in [-0.05, 0) is 12.5 Å². The topological polar surface area (TPSA) is 84.1 Å². The van der Waals surface area contributed by atoms with Gasteiger partial charge in [-0.1, -0.05) is 0 Å². The van der Waals surface area contributed by atoms with Gasteiger partial charge in [-0.3, -0.25) is 9.59 Å². The fourth-order valence-electron chi connectivity index (χ4n) is 1.86. The average molecular weight is 313 g/mol. The van der Waals surface area contributed by atoms with E-state index >= 15 is 0 Å². The van der Waals surface area contributed by atoms with Gasteiger partial charge in [-0.15, -0.1) is 11.3 Å². The molecule has 0 aliphatic rings. The molecule has 20 heavy (non-hydrogen) atoms. The highest BCUT2D eigenvalue weighted by Crippen LogP contribution is 2.26. The Kier molecular flexibility index (Phi) is 4.79. The van der Waals surface area contributed by atoms with Crippen LogP contribution < -0.4 is 10.9 Å². The Balaban J connectivity index is 2.49. The molecule has 2 N–H and O–H groups in total. The number of hydrogen-bond donors (Lipinski definition) is 3. The number of aryl methyl sites for hydroxylation is 1. The smallest absolute Gasteiger partial charge is 0.261 e. The number of rotatable bonds is 5. The van der Waals surface area contributed by atoms with Gasteiger partial charge in [0.2, 0.25) is 0 Å². The highest BCUT2D eigenvalue weighted by molar-refractivity contribution is 7.80. The van der Waals surface area contributed by atoms with E-state index in [2.05, 4.69) is 27.9 Å². The molecule has 0 unspecified atom stereocenters. The number of nitrogens with one attached hydrogen (secondary N) is 2. The molecular weight excluding hydrogens is 298 g/mol. The molecule has 2 heterocycles. The number of carbonyl (C=O) groups is 1. The van der Waals surface area contributed by atoms with E-state index in [0.717, 1.165) is 0 Å². The number of aromatic amines is 1. The van der Waals surface area contributed by atoms with Gasteiger partial charge in [-0.25, -0.2) is 4.98 Å². The van der Waals surface area contributed by atoms with Crippen molar-refractivity contribution in [3.05, 3.63) is 26.6 Å². The van der Waals surface area contributed by atoms with Gasteiger partial charge < -0.3 is 15.0 Å². The summed E-state index contributed by atoms with van der Waals surface area (Å²) in [4.78, 5) is 32.1. The van der Waals surface area contributed by atoms with E-state index in [1.807, 2.05) is 0 Å². The zero-order chi connectivity index (χ0) is 14.7. The number of thiol groups is 1. The Bertz CT molecular complexity index is 693. The van der Waals surface area contributed by atoms with Gasteiger partial charge in [0.15, 0.2) is 0 Å². The van der Waals surface area contributed by atoms with Crippen LogP contribution in [0.5, 0.6) is 0 Å². The summed E-state index contributed by atoms with van der Waals surface area (Å²) < 4.78 is 4.95. The fraction of sp³-hybridized carbons (Fsp3) is 0.417. The number of fused-ring (bicyclic) bond motifs is 1. The first-order valence-corrected chi connectivity index (χ1v) is 7.43. The summed E-state index contributed by atoms with van der Waals surface area (Å²) in [6.07, 6.45) is 0. The van der Waals surface area contributed by atoms with Crippen molar-refractivity contribution in [3.63, 3.8) is 0 Å². The first kappa shape index (κ1) is 15.0. The molecule has 0 spiro atoms.